The van der Waals surface area contributed by atoms with Gasteiger partial charge in [0.1, 0.15) is 5.82 Å². The molecule has 1 heterocycles. The smallest absolute Gasteiger partial charge is 0.227 e. The van der Waals surface area contributed by atoms with E-state index in [1.807, 2.05) is 6.07 Å². The number of rotatable bonds is 3. The molecule has 0 saturated carbocycles. The third kappa shape index (κ3) is 2.80. The summed E-state index contributed by atoms with van der Waals surface area (Å²) in [6, 6.07) is 5.85. The Kier molecular flexibility index (Phi) is 3.36. The Morgan fingerprint density at radius 2 is 2.21 bits per heavy atom. The molecule has 2 aromatic rings. The Labute approximate surface area is 109 Å². The maximum atomic E-state index is 13.6. The van der Waals surface area contributed by atoms with Crippen molar-refractivity contribution >= 4 is 9.84 Å². The van der Waals surface area contributed by atoms with Gasteiger partial charge in [0.25, 0.3) is 0 Å². The summed E-state index contributed by atoms with van der Waals surface area (Å²) in [6.45, 7) is 0.00373. The lowest BCUT2D eigenvalue weighted by Gasteiger charge is -2.07. The maximum absolute atomic E-state index is 13.6. The van der Waals surface area contributed by atoms with Crippen LogP contribution in [0.1, 0.15) is 11.1 Å². The molecule has 0 N–H and O–H groups in total. The standard InChI is InChI=1S/C12H10FN3O2S/c1-19(17,18)12-15-4-5-16(12)8-10-6-9(7-14)2-3-11(10)13/h2-6H,8H2,1H3. The van der Waals surface area contributed by atoms with Gasteiger partial charge in [-0.25, -0.2) is 17.8 Å². The van der Waals surface area contributed by atoms with E-state index in [1.165, 1.54) is 35.2 Å². The van der Waals surface area contributed by atoms with Gasteiger partial charge in [0, 0.05) is 24.2 Å². The summed E-state index contributed by atoms with van der Waals surface area (Å²) in [6.07, 6.45) is 3.82. The van der Waals surface area contributed by atoms with Crippen LogP contribution < -0.4 is 0 Å². The number of sulfone groups is 1. The van der Waals surface area contributed by atoms with Gasteiger partial charge in [0.2, 0.25) is 15.0 Å². The molecule has 7 heteroatoms. The van der Waals surface area contributed by atoms with E-state index in [2.05, 4.69) is 4.98 Å². The van der Waals surface area contributed by atoms with Crippen molar-refractivity contribution in [2.24, 2.45) is 0 Å². The summed E-state index contributed by atoms with van der Waals surface area (Å²) in [5.41, 5.74) is 0.555. The molecule has 0 aliphatic heterocycles. The molecular weight excluding hydrogens is 269 g/mol. The number of hydrogen-bond acceptors (Lipinski definition) is 4. The highest BCUT2D eigenvalue weighted by atomic mass is 32.2. The van der Waals surface area contributed by atoms with E-state index < -0.39 is 15.7 Å². The SMILES string of the molecule is CS(=O)(=O)c1nccn1Cc1cc(C#N)ccc1F. The fraction of sp³-hybridized carbons (Fsp3) is 0.167. The zero-order chi connectivity index (χ0) is 14.0. The molecule has 0 bridgehead atoms. The van der Waals surface area contributed by atoms with E-state index in [9.17, 15) is 12.8 Å². The van der Waals surface area contributed by atoms with Gasteiger partial charge in [-0.1, -0.05) is 0 Å². The molecular formula is C12H10FN3O2S. The van der Waals surface area contributed by atoms with Crippen molar-refractivity contribution in [3.05, 3.63) is 47.5 Å². The van der Waals surface area contributed by atoms with Crippen molar-refractivity contribution in [3.8, 4) is 6.07 Å². The van der Waals surface area contributed by atoms with Gasteiger partial charge >= 0.3 is 0 Å². The van der Waals surface area contributed by atoms with E-state index >= 15 is 0 Å². The first kappa shape index (κ1) is 13.2. The normalized spacial score (nSPS) is 11.2. The van der Waals surface area contributed by atoms with Crippen molar-refractivity contribution in [2.75, 3.05) is 6.26 Å². The first-order valence-electron chi connectivity index (χ1n) is 5.31. The molecule has 0 fully saturated rings. The van der Waals surface area contributed by atoms with E-state index in [-0.39, 0.29) is 17.3 Å². The molecule has 0 aliphatic carbocycles. The number of benzene rings is 1. The predicted octanol–water partition coefficient (Wildman–Crippen LogP) is 1.35. The molecule has 1 aromatic heterocycles. The molecule has 0 unspecified atom stereocenters. The van der Waals surface area contributed by atoms with Gasteiger partial charge in [-0.2, -0.15) is 5.26 Å². The Morgan fingerprint density at radius 3 is 2.84 bits per heavy atom. The minimum absolute atomic E-state index is 0.00373. The third-order valence-corrected chi connectivity index (χ3v) is 3.53. The topological polar surface area (TPSA) is 75.8 Å². The summed E-state index contributed by atoms with van der Waals surface area (Å²) in [5, 5.41) is 8.65. The van der Waals surface area contributed by atoms with Crippen molar-refractivity contribution < 1.29 is 12.8 Å². The van der Waals surface area contributed by atoms with E-state index in [4.69, 9.17) is 5.26 Å². The third-order valence-electron chi connectivity index (χ3n) is 2.52. The molecule has 0 atom stereocenters. The van der Waals surface area contributed by atoms with Crippen LogP contribution in [0.3, 0.4) is 0 Å². The van der Waals surface area contributed by atoms with E-state index in [0.29, 0.717) is 5.56 Å². The average molecular weight is 279 g/mol. The van der Waals surface area contributed by atoms with Crippen LogP contribution in [0.4, 0.5) is 4.39 Å². The summed E-state index contributed by atoms with van der Waals surface area (Å²) in [5.74, 6) is -0.493. The number of nitriles is 1. The Morgan fingerprint density at radius 1 is 1.47 bits per heavy atom. The van der Waals surface area contributed by atoms with Gasteiger partial charge in [0.15, 0.2) is 0 Å². The molecule has 5 nitrogen and oxygen atoms in total. The molecule has 0 saturated heterocycles. The minimum Gasteiger partial charge on any atom is -0.317 e. The zero-order valence-electron chi connectivity index (χ0n) is 10.0. The van der Waals surface area contributed by atoms with Gasteiger partial charge in [-0.3, -0.25) is 0 Å². The van der Waals surface area contributed by atoms with Crippen LogP contribution in [0.5, 0.6) is 0 Å². The Hall–Kier alpha value is -2.20. The number of nitrogens with zero attached hydrogens (tertiary/aromatic N) is 3. The lowest BCUT2D eigenvalue weighted by atomic mass is 10.1. The summed E-state index contributed by atoms with van der Waals surface area (Å²) in [7, 11) is -3.47. The van der Waals surface area contributed by atoms with E-state index in [0.717, 1.165) is 6.26 Å². The lowest BCUT2D eigenvalue weighted by Crippen LogP contribution is -2.10. The first-order chi connectivity index (χ1) is 8.91. The fourth-order valence-corrected chi connectivity index (χ4v) is 2.50. The number of hydrogen-bond donors (Lipinski definition) is 0. The van der Waals surface area contributed by atoms with Gasteiger partial charge in [-0.15, -0.1) is 0 Å². The van der Waals surface area contributed by atoms with Crippen LogP contribution in [0.15, 0.2) is 35.7 Å². The van der Waals surface area contributed by atoms with Crippen LogP contribution >= 0.6 is 0 Å². The van der Waals surface area contributed by atoms with Gasteiger partial charge in [-0.05, 0) is 18.2 Å². The highest BCUT2D eigenvalue weighted by Crippen LogP contribution is 2.14. The highest BCUT2D eigenvalue weighted by molar-refractivity contribution is 7.90. The van der Waals surface area contributed by atoms with Gasteiger partial charge < -0.3 is 4.57 Å². The Balaban J connectivity index is 2.43. The molecule has 0 aliphatic rings. The van der Waals surface area contributed by atoms with Crippen LogP contribution in [0, 0.1) is 17.1 Å². The number of imidazole rings is 1. The molecule has 98 valence electrons. The second-order valence-electron chi connectivity index (χ2n) is 4.03. The quantitative estimate of drug-likeness (QED) is 0.849. The number of aromatic nitrogens is 2. The predicted molar refractivity (Wildman–Crippen MR) is 65.6 cm³/mol. The van der Waals surface area contributed by atoms with Crippen molar-refractivity contribution in [1.82, 2.24) is 9.55 Å². The largest absolute Gasteiger partial charge is 0.317 e. The second kappa shape index (κ2) is 4.82. The second-order valence-corrected chi connectivity index (χ2v) is 5.94. The monoisotopic (exact) mass is 279 g/mol. The number of halogens is 1. The van der Waals surface area contributed by atoms with Crippen molar-refractivity contribution in [3.63, 3.8) is 0 Å². The highest BCUT2D eigenvalue weighted by Gasteiger charge is 2.15. The first-order valence-corrected chi connectivity index (χ1v) is 7.20. The van der Waals surface area contributed by atoms with E-state index in [1.54, 1.807) is 0 Å². The van der Waals surface area contributed by atoms with Crippen molar-refractivity contribution in [2.45, 2.75) is 11.7 Å². The fourth-order valence-electron chi connectivity index (χ4n) is 1.69. The average Bonchev–Trinajstić information content (AvgIpc) is 2.80. The summed E-state index contributed by atoms with van der Waals surface area (Å²) < 4.78 is 37.9. The summed E-state index contributed by atoms with van der Waals surface area (Å²) in [4.78, 5) is 3.74. The molecule has 0 radical (unpaired) electrons. The van der Waals surface area contributed by atoms with Crippen LogP contribution in [0.2, 0.25) is 0 Å². The molecule has 2 rings (SSSR count). The maximum Gasteiger partial charge on any atom is 0.227 e. The lowest BCUT2D eigenvalue weighted by molar-refractivity contribution is 0.565. The molecule has 19 heavy (non-hydrogen) atoms. The molecule has 0 amide bonds. The van der Waals surface area contributed by atoms with Crippen LogP contribution in [-0.2, 0) is 16.4 Å². The van der Waals surface area contributed by atoms with Crippen LogP contribution in [0.25, 0.3) is 0 Å². The van der Waals surface area contributed by atoms with Crippen LogP contribution in [-0.4, -0.2) is 24.2 Å². The minimum atomic E-state index is -3.47. The Bertz CT molecular complexity index is 760. The van der Waals surface area contributed by atoms with Gasteiger partial charge in [0.05, 0.1) is 18.2 Å². The molecule has 0 spiro atoms. The van der Waals surface area contributed by atoms with Crippen molar-refractivity contribution in [1.29, 1.82) is 5.26 Å². The molecule has 1 aromatic carbocycles. The zero-order valence-corrected chi connectivity index (χ0v) is 10.9. The summed E-state index contributed by atoms with van der Waals surface area (Å²) >= 11 is 0.